The number of nitrogens with zero attached hydrogens (tertiary/aromatic N) is 3. The normalized spacial score (nSPS) is 21.6. The number of hydrogen-bond donors (Lipinski definition) is 1. The molecule has 1 N–H and O–H groups in total. The smallest absolute Gasteiger partial charge is 0.335 e. The number of hydrogen-bond acceptors (Lipinski definition) is 6. The van der Waals surface area contributed by atoms with Crippen LogP contribution in [0.3, 0.4) is 0 Å². The van der Waals surface area contributed by atoms with Gasteiger partial charge in [-0.15, -0.1) is 0 Å². The Bertz CT molecular complexity index is 1240. The van der Waals surface area contributed by atoms with Gasteiger partial charge in [-0.1, -0.05) is 44.4 Å². The molecule has 4 rings (SSSR count). The molecule has 2 atom stereocenters. The van der Waals surface area contributed by atoms with Crippen LogP contribution in [0.5, 0.6) is 0 Å². The molecule has 0 unspecified atom stereocenters. The average molecular weight is 493 g/mol. The van der Waals surface area contributed by atoms with Gasteiger partial charge in [-0.05, 0) is 49.9 Å². The lowest BCUT2D eigenvalue weighted by Crippen LogP contribution is -2.72. The van der Waals surface area contributed by atoms with Crippen molar-refractivity contribution in [1.29, 1.82) is 0 Å². The fourth-order valence-corrected chi connectivity index (χ4v) is 5.62. The van der Waals surface area contributed by atoms with Gasteiger partial charge in [0.25, 0.3) is 11.6 Å². The van der Waals surface area contributed by atoms with Crippen molar-refractivity contribution in [2.24, 2.45) is 5.41 Å². The molecule has 9 heteroatoms. The number of amides is 4. The van der Waals surface area contributed by atoms with Gasteiger partial charge in [0.2, 0.25) is 5.91 Å². The Morgan fingerprint density at radius 1 is 1.06 bits per heavy atom. The highest BCUT2D eigenvalue weighted by molar-refractivity contribution is 6.31. The number of nitro groups is 1. The Labute approximate surface area is 210 Å². The van der Waals surface area contributed by atoms with Crippen molar-refractivity contribution in [2.75, 3.05) is 16.3 Å². The first-order valence-corrected chi connectivity index (χ1v) is 12.5. The summed E-state index contributed by atoms with van der Waals surface area (Å²) in [5.41, 5.74) is 1.82. The molecule has 2 heterocycles. The van der Waals surface area contributed by atoms with E-state index in [-0.39, 0.29) is 12.1 Å². The van der Waals surface area contributed by atoms with Gasteiger partial charge in [0.05, 0.1) is 16.7 Å². The lowest BCUT2D eigenvalue weighted by molar-refractivity contribution is -0.384. The van der Waals surface area contributed by atoms with Crippen LogP contribution in [-0.2, 0) is 16.0 Å². The minimum Gasteiger partial charge on any atom is -0.367 e. The lowest BCUT2D eigenvalue weighted by atomic mass is 9.67. The van der Waals surface area contributed by atoms with E-state index < -0.39 is 34.2 Å². The summed E-state index contributed by atoms with van der Waals surface area (Å²) in [6.45, 7) is 8.39. The maximum absolute atomic E-state index is 14.4. The highest BCUT2D eigenvalue weighted by atomic mass is 16.6. The van der Waals surface area contributed by atoms with Crippen LogP contribution >= 0.6 is 0 Å². The number of unbranched alkanes of at least 4 members (excludes halogenated alkanes) is 1. The summed E-state index contributed by atoms with van der Waals surface area (Å²) in [5.74, 6) is -1.23. The number of fused-ring (bicyclic) bond motifs is 1. The first-order valence-electron chi connectivity index (χ1n) is 12.5. The SMILES string of the molecule is CCCCN1c2ccc([N+](=O)[O-])cc2C[C@]2(C(=O)NC(=O)N(c3ccc(C)cc3C)C2=O)[C@H]1CCC. The van der Waals surface area contributed by atoms with Crippen LogP contribution in [-0.4, -0.2) is 35.4 Å². The summed E-state index contributed by atoms with van der Waals surface area (Å²) in [7, 11) is 0. The monoisotopic (exact) mass is 492 g/mol. The third-order valence-corrected chi connectivity index (χ3v) is 7.32. The maximum atomic E-state index is 14.4. The third-order valence-electron chi connectivity index (χ3n) is 7.32. The highest BCUT2D eigenvalue weighted by Crippen LogP contribution is 2.47. The van der Waals surface area contributed by atoms with Gasteiger partial charge in [0, 0.05) is 30.8 Å². The molecule has 2 aromatic carbocycles. The number of carbonyl (C=O) groups excluding carboxylic acids is 3. The Kier molecular flexibility index (Phi) is 6.84. The first kappa shape index (κ1) is 25.3. The number of benzene rings is 2. The molecule has 190 valence electrons. The largest absolute Gasteiger partial charge is 0.367 e. The molecule has 1 fully saturated rings. The molecule has 0 aliphatic carbocycles. The van der Waals surface area contributed by atoms with Crippen LogP contribution in [0.2, 0.25) is 0 Å². The summed E-state index contributed by atoms with van der Waals surface area (Å²) < 4.78 is 0. The van der Waals surface area contributed by atoms with E-state index in [9.17, 15) is 24.5 Å². The topological polar surface area (TPSA) is 113 Å². The molecule has 0 radical (unpaired) electrons. The number of non-ortho nitro benzene ring substituents is 1. The summed E-state index contributed by atoms with van der Waals surface area (Å²) in [6.07, 6.45) is 2.97. The Morgan fingerprint density at radius 3 is 2.42 bits per heavy atom. The van der Waals surface area contributed by atoms with Gasteiger partial charge >= 0.3 is 6.03 Å². The third kappa shape index (κ3) is 4.02. The number of nitro benzene ring substituents is 1. The van der Waals surface area contributed by atoms with Crippen molar-refractivity contribution < 1.29 is 19.3 Å². The predicted molar refractivity (Wildman–Crippen MR) is 137 cm³/mol. The van der Waals surface area contributed by atoms with Gasteiger partial charge in [-0.3, -0.25) is 25.0 Å². The van der Waals surface area contributed by atoms with E-state index in [0.29, 0.717) is 24.2 Å². The standard InChI is InChI=1S/C27H32N4O5/c1-5-7-13-29-22-12-10-20(31(35)36)15-19(22)16-27(23(29)8-6-2)24(32)28-26(34)30(25(27)33)21-11-9-17(3)14-18(21)4/h9-12,14-15,23H,5-8,13,16H2,1-4H3,(H,28,32,34)/t23-,27-/m1/s1. The van der Waals surface area contributed by atoms with Crippen LogP contribution in [0, 0.1) is 29.4 Å². The number of barbiturate groups is 1. The number of carbonyl (C=O) groups is 3. The van der Waals surface area contributed by atoms with Gasteiger partial charge in [0.15, 0.2) is 5.41 Å². The number of urea groups is 1. The highest BCUT2D eigenvalue weighted by Gasteiger charge is 2.62. The van der Waals surface area contributed by atoms with E-state index in [1.807, 2.05) is 32.9 Å². The molecule has 9 nitrogen and oxygen atoms in total. The second-order valence-electron chi connectivity index (χ2n) is 9.76. The quantitative estimate of drug-likeness (QED) is 0.337. The number of nitrogens with one attached hydrogen (secondary N) is 1. The zero-order valence-electron chi connectivity index (χ0n) is 21.2. The van der Waals surface area contributed by atoms with Gasteiger partial charge in [-0.25, -0.2) is 9.69 Å². The van der Waals surface area contributed by atoms with Crippen molar-refractivity contribution in [3.63, 3.8) is 0 Å². The molecule has 1 saturated heterocycles. The number of rotatable bonds is 7. The van der Waals surface area contributed by atoms with Gasteiger partial charge < -0.3 is 4.90 Å². The Morgan fingerprint density at radius 2 is 1.78 bits per heavy atom. The first-order chi connectivity index (χ1) is 17.1. The summed E-state index contributed by atoms with van der Waals surface area (Å²) >= 11 is 0. The number of imide groups is 2. The maximum Gasteiger partial charge on any atom is 0.335 e. The molecule has 4 amide bonds. The van der Waals surface area contributed by atoms with Crippen molar-refractivity contribution in [2.45, 2.75) is 65.8 Å². The van der Waals surface area contributed by atoms with E-state index in [4.69, 9.17) is 0 Å². The second kappa shape index (κ2) is 9.72. The fraction of sp³-hybridized carbons (Fsp3) is 0.444. The average Bonchev–Trinajstić information content (AvgIpc) is 2.83. The predicted octanol–water partition coefficient (Wildman–Crippen LogP) is 4.81. The minimum atomic E-state index is -1.60. The van der Waals surface area contributed by atoms with Crippen LogP contribution in [0.25, 0.3) is 0 Å². The zero-order chi connectivity index (χ0) is 26.2. The van der Waals surface area contributed by atoms with Crippen LogP contribution in [0.15, 0.2) is 36.4 Å². The molecule has 0 saturated carbocycles. The van der Waals surface area contributed by atoms with Crippen molar-refractivity contribution in [1.82, 2.24) is 5.32 Å². The molecular weight excluding hydrogens is 460 g/mol. The molecular formula is C27H32N4O5. The molecule has 1 spiro atoms. The molecule has 2 aliphatic rings. The number of anilines is 2. The van der Waals surface area contributed by atoms with E-state index in [1.54, 1.807) is 12.1 Å². The molecule has 0 bridgehead atoms. The van der Waals surface area contributed by atoms with E-state index >= 15 is 0 Å². The number of aryl methyl sites for hydroxylation is 2. The molecule has 0 aromatic heterocycles. The lowest BCUT2D eigenvalue weighted by Gasteiger charge is -2.52. The van der Waals surface area contributed by atoms with Crippen LogP contribution < -0.4 is 15.1 Å². The van der Waals surface area contributed by atoms with Crippen LogP contribution in [0.4, 0.5) is 21.9 Å². The molecule has 2 aliphatic heterocycles. The van der Waals surface area contributed by atoms with E-state index in [1.165, 1.54) is 12.1 Å². The summed E-state index contributed by atoms with van der Waals surface area (Å²) in [6, 6.07) is 8.79. The van der Waals surface area contributed by atoms with Gasteiger partial charge in [-0.2, -0.15) is 0 Å². The zero-order valence-corrected chi connectivity index (χ0v) is 21.2. The fourth-order valence-electron chi connectivity index (χ4n) is 5.62. The van der Waals surface area contributed by atoms with Gasteiger partial charge in [0.1, 0.15) is 0 Å². The molecule has 36 heavy (non-hydrogen) atoms. The minimum absolute atomic E-state index is 0.0172. The Balaban J connectivity index is 1.93. The van der Waals surface area contributed by atoms with E-state index in [2.05, 4.69) is 17.1 Å². The summed E-state index contributed by atoms with van der Waals surface area (Å²) in [4.78, 5) is 55.3. The van der Waals surface area contributed by atoms with Crippen molar-refractivity contribution in [3.05, 3.63) is 63.2 Å². The van der Waals surface area contributed by atoms with E-state index in [0.717, 1.165) is 41.0 Å². The van der Waals surface area contributed by atoms with Crippen molar-refractivity contribution >= 4 is 34.9 Å². The van der Waals surface area contributed by atoms with Crippen molar-refractivity contribution in [3.8, 4) is 0 Å². The Hall–Kier alpha value is -3.75. The molecule has 2 aromatic rings. The van der Waals surface area contributed by atoms with Crippen LogP contribution in [0.1, 0.15) is 56.2 Å². The summed E-state index contributed by atoms with van der Waals surface area (Å²) in [5, 5.41) is 14.0. The second-order valence-corrected chi connectivity index (χ2v) is 9.76.